The Bertz CT molecular complexity index is 644. The molecule has 0 saturated heterocycles. The van der Waals surface area contributed by atoms with Gasteiger partial charge in [-0.3, -0.25) is 4.79 Å². The number of rotatable bonds is 4. The van der Waals surface area contributed by atoms with Crippen LogP contribution >= 0.6 is 23.2 Å². The van der Waals surface area contributed by atoms with Crippen molar-refractivity contribution in [2.24, 2.45) is 0 Å². The lowest BCUT2D eigenvalue weighted by Gasteiger charge is -2.16. The maximum absolute atomic E-state index is 12.4. The summed E-state index contributed by atoms with van der Waals surface area (Å²) in [6.07, 6.45) is 0.796. The highest BCUT2D eigenvalue weighted by atomic mass is 35.5. The number of carbonyl (C=O) groups excluding carboxylic acids is 1. The topological polar surface area (TPSA) is 46.3 Å². The van der Waals surface area contributed by atoms with Gasteiger partial charge in [-0.15, -0.1) is 0 Å². The van der Waals surface area contributed by atoms with E-state index in [4.69, 9.17) is 27.7 Å². The number of benzene rings is 1. The summed E-state index contributed by atoms with van der Waals surface area (Å²) < 4.78 is 5.18. The van der Waals surface area contributed by atoms with Crippen LogP contribution in [0.2, 0.25) is 10.0 Å². The van der Waals surface area contributed by atoms with Crippen LogP contribution in [0.25, 0.3) is 0 Å². The van der Waals surface area contributed by atoms with Crippen LogP contribution in [0.1, 0.15) is 34.3 Å². The number of hydrogen-bond acceptors (Lipinski definition) is 3. The van der Waals surface area contributed by atoms with Crippen molar-refractivity contribution in [1.82, 2.24) is 10.1 Å². The maximum Gasteiger partial charge on any atom is 0.254 e. The Labute approximate surface area is 133 Å². The van der Waals surface area contributed by atoms with Crippen molar-refractivity contribution < 1.29 is 9.32 Å². The smallest absolute Gasteiger partial charge is 0.254 e. The zero-order valence-electron chi connectivity index (χ0n) is 12.1. The first-order valence-corrected chi connectivity index (χ1v) is 7.33. The Hall–Kier alpha value is -1.52. The predicted molar refractivity (Wildman–Crippen MR) is 82.9 cm³/mol. The molecule has 1 amide bonds. The van der Waals surface area contributed by atoms with Gasteiger partial charge in [0.2, 0.25) is 0 Å². The molecule has 0 unspecified atom stereocenters. The second-order valence-electron chi connectivity index (χ2n) is 4.86. The van der Waals surface area contributed by atoms with Crippen molar-refractivity contribution in [3.8, 4) is 0 Å². The van der Waals surface area contributed by atoms with Gasteiger partial charge in [-0.25, -0.2) is 0 Å². The van der Waals surface area contributed by atoms with Crippen molar-refractivity contribution in [2.45, 2.75) is 26.8 Å². The van der Waals surface area contributed by atoms with E-state index in [1.54, 1.807) is 19.2 Å². The Morgan fingerprint density at radius 1 is 1.29 bits per heavy atom. The lowest BCUT2D eigenvalue weighted by atomic mass is 10.1. The average molecular weight is 327 g/mol. The molecule has 0 atom stereocenters. The summed E-state index contributed by atoms with van der Waals surface area (Å²) in [4.78, 5) is 13.9. The third-order valence-electron chi connectivity index (χ3n) is 3.24. The third-order valence-corrected chi connectivity index (χ3v) is 4.02. The fourth-order valence-corrected chi connectivity index (χ4v) is 2.38. The van der Waals surface area contributed by atoms with Crippen molar-refractivity contribution >= 4 is 29.1 Å². The lowest BCUT2D eigenvalue weighted by molar-refractivity contribution is 0.0772. The van der Waals surface area contributed by atoms with Gasteiger partial charge >= 0.3 is 0 Å². The summed E-state index contributed by atoms with van der Waals surface area (Å²) in [5.41, 5.74) is 2.08. The highest BCUT2D eigenvalue weighted by molar-refractivity contribution is 6.36. The van der Waals surface area contributed by atoms with Crippen LogP contribution in [0.5, 0.6) is 0 Å². The number of carbonyl (C=O) groups is 1. The second kappa shape index (κ2) is 6.50. The molecule has 0 N–H and O–H groups in total. The maximum atomic E-state index is 12.4. The second-order valence-corrected chi connectivity index (χ2v) is 5.68. The molecule has 0 aliphatic rings. The summed E-state index contributed by atoms with van der Waals surface area (Å²) in [5, 5.41) is 4.86. The van der Waals surface area contributed by atoms with Gasteiger partial charge in [-0.1, -0.05) is 35.3 Å². The van der Waals surface area contributed by atoms with E-state index in [0.29, 0.717) is 27.9 Å². The summed E-state index contributed by atoms with van der Waals surface area (Å²) in [7, 11) is 1.69. The molecular formula is C15H16Cl2N2O2. The zero-order chi connectivity index (χ0) is 15.6. The van der Waals surface area contributed by atoms with Crippen molar-refractivity contribution in [2.75, 3.05) is 7.05 Å². The predicted octanol–water partition coefficient (Wildman–Crippen LogP) is 4.12. The van der Waals surface area contributed by atoms with Crippen LogP contribution in [0.4, 0.5) is 0 Å². The minimum atomic E-state index is -0.173. The molecule has 0 spiro atoms. The number of aromatic nitrogens is 1. The highest BCUT2D eigenvalue weighted by Crippen LogP contribution is 2.26. The quantitative estimate of drug-likeness (QED) is 0.848. The zero-order valence-corrected chi connectivity index (χ0v) is 13.6. The normalized spacial score (nSPS) is 10.7. The fourth-order valence-electron chi connectivity index (χ4n) is 1.89. The Morgan fingerprint density at radius 3 is 2.43 bits per heavy atom. The summed E-state index contributed by atoms with van der Waals surface area (Å²) in [5.74, 6) is 0.472. The molecule has 4 nitrogen and oxygen atoms in total. The molecule has 2 rings (SSSR count). The summed E-state index contributed by atoms with van der Waals surface area (Å²) >= 11 is 12.1. The van der Waals surface area contributed by atoms with Crippen LogP contribution < -0.4 is 0 Å². The minimum Gasteiger partial charge on any atom is -0.359 e. The number of amides is 1. The van der Waals surface area contributed by atoms with Gasteiger partial charge in [-0.2, -0.15) is 0 Å². The molecule has 1 heterocycles. The molecule has 0 aliphatic heterocycles. The molecular weight excluding hydrogens is 311 g/mol. The summed E-state index contributed by atoms with van der Waals surface area (Å²) in [6.45, 7) is 4.14. The van der Waals surface area contributed by atoms with Crippen molar-refractivity contribution in [1.29, 1.82) is 0 Å². The largest absolute Gasteiger partial charge is 0.359 e. The Kier molecular flexibility index (Phi) is 4.91. The number of aryl methyl sites for hydroxylation is 1. The van der Waals surface area contributed by atoms with E-state index in [-0.39, 0.29) is 5.91 Å². The van der Waals surface area contributed by atoms with E-state index in [1.165, 1.54) is 4.90 Å². The first kappa shape index (κ1) is 15.9. The van der Waals surface area contributed by atoms with Gasteiger partial charge < -0.3 is 9.42 Å². The van der Waals surface area contributed by atoms with Gasteiger partial charge in [0.15, 0.2) is 5.76 Å². The number of nitrogens with zero attached hydrogens (tertiary/aromatic N) is 2. The lowest BCUT2D eigenvalue weighted by Crippen LogP contribution is -2.26. The first-order chi connectivity index (χ1) is 9.92. The molecule has 6 heteroatoms. The minimum absolute atomic E-state index is 0.173. The van der Waals surface area contributed by atoms with E-state index in [2.05, 4.69) is 5.16 Å². The van der Waals surface area contributed by atoms with Gasteiger partial charge in [0.25, 0.3) is 5.91 Å². The van der Waals surface area contributed by atoms with Gasteiger partial charge in [0, 0.05) is 28.7 Å². The SMILES string of the molecule is CCc1cc(CN(C)C(=O)c2cc(Cl)c(C)c(Cl)c2)on1. The molecule has 0 bridgehead atoms. The highest BCUT2D eigenvalue weighted by Gasteiger charge is 2.16. The standard InChI is InChI=1S/C15H16Cl2N2O2/c1-4-11-7-12(21-18-11)8-19(3)15(20)10-5-13(16)9(2)14(17)6-10/h5-7H,4,8H2,1-3H3. The van der Waals surface area contributed by atoms with Crippen LogP contribution in [0.3, 0.4) is 0 Å². The van der Waals surface area contributed by atoms with Gasteiger partial charge in [-0.05, 0) is 31.0 Å². The van der Waals surface area contributed by atoms with Crippen LogP contribution in [0, 0.1) is 6.92 Å². The molecule has 1 aromatic heterocycles. The summed E-state index contributed by atoms with van der Waals surface area (Å²) in [6, 6.07) is 5.10. The molecule has 0 fully saturated rings. The van der Waals surface area contributed by atoms with Crippen LogP contribution in [0.15, 0.2) is 22.7 Å². The average Bonchev–Trinajstić information content (AvgIpc) is 2.90. The Morgan fingerprint density at radius 2 is 1.90 bits per heavy atom. The number of halogens is 2. The van der Waals surface area contributed by atoms with Crippen LogP contribution in [-0.2, 0) is 13.0 Å². The number of hydrogen-bond donors (Lipinski definition) is 0. The molecule has 21 heavy (non-hydrogen) atoms. The monoisotopic (exact) mass is 326 g/mol. The van der Waals surface area contributed by atoms with E-state index < -0.39 is 0 Å². The molecule has 1 aromatic carbocycles. The van der Waals surface area contributed by atoms with Gasteiger partial charge in [0.1, 0.15) is 0 Å². The van der Waals surface area contributed by atoms with Crippen molar-refractivity contribution in [3.05, 3.63) is 50.8 Å². The molecule has 2 aromatic rings. The van der Waals surface area contributed by atoms with Crippen molar-refractivity contribution in [3.63, 3.8) is 0 Å². The van der Waals surface area contributed by atoms with Crippen LogP contribution in [-0.4, -0.2) is 23.0 Å². The third kappa shape index (κ3) is 3.57. The molecule has 112 valence electrons. The van der Waals surface area contributed by atoms with E-state index in [0.717, 1.165) is 17.7 Å². The van der Waals surface area contributed by atoms with E-state index >= 15 is 0 Å². The first-order valence-electron chi connectivity index (χ1n) is 6.58. The Balaban J connectivity index is 2.15. The van der Waals surface area contributed by atoms with Gasteiger partial charge in [0.05, 0.1) is 12.2 Å². The molecule has 0 aliphatic carbocycles. The molecule has 0 radical (unpaired) electrons. The van der Waals surface area contributed by atoms with E-state index in [9.17, 15) is 4.79 Å². The van der Waals surface area contributed by atoms with E-state index in [1.807, 2.05) is 19.9 Å². The fraction of sp³-hybridized carbons (Fsp3) is 0.333. The molecule has 0 saturated carbocycles.